The second-order valence-electron chi connectivity index (χ2n) is 12.6. The minimum absolute atomic E-state index is 0.00389. The second kappa shape index (κ2) is 14.3. The summed E-state index contributed by atoms with van der Waals surface area (Å²) in [6, 6.07) is 24.7. The fourth-order valence-corrected chi connectivity index (χ4v) is 7.97. The van der Waals surface area contributed by atoms with E-state index >= 15 is 0 Å². The van der Waals surface area contributed by atoms with Gasteiger partial charge in [0.05, 0.1) is 16.5 Å². The lowest BCUT2D eigenvalue weighted by molar-refractivity contribution is -0.134. The molecular formula is C36H42N6O4S. The highest BCUT2D eigenvalue weighted by molar-refractivity contribution is 7.89. The number of likely N-dealkylation sites (N-methyl/N-ethyl adjacent to an activating group) is 1. The molecule has 0 saturated carbocycles. The summed E-state index contributed by atoms with van der Waals surface area (Å²) in [7, 11) is -1.81. The summed E-state index contributed by atoms with van der Waals surface area (Å²) in [5, 5.41) is 4.94. The van der Waals surface area contributed by atoms with E-state index in [2.05, 4.69) is 31.9 Å². The van der Waals surface area contributed by atoms with Crippen LogP contribution in [0.25, 0.3) is 10.8 Å². The lowest BCUT2D eigenvalue weighted by Crippen LogP contribution is -2.64. The van der Waals surface area contributed by atoms with Crippen LogP contribution in [0, 0.1) is 0 Å². The third-order valence-corrected chi connectivity index (χ3v) is 11.1. The Balaban J connectivity index is 1.16. The van der Waals surface area contributed by atoms with Gasteiger partial charge >= 0.3 is 0 Å². The van der Waals surface area contributed by atoms with E-state index in [-0.39, 0.29) is 28.7 Å². The molecule has 2 saturated heterocycles. The van der Waals surface area contributed by atoms with Crippen LogP contribution in [-0.4, -0.2) is 98.3 Å². The van der Waals surface area contributed by atoms with Crippen LogP contribution in [0.4, 0.5) is 0 Å². The Kier molecular flexibility index (Phi) is 9.97. The molecule has 0 spiro atoms. The number of hydrogen-bond acceptors (Lipinski definition) is 7. The smallest absolute Gasteiger partial charge is 0.252 e. The maximum absolute atomic E-state index is 13.9. The predicted octanol–water partition coefficient (Wildman–Crippen LogP) is 3.68. The van der Waals surface area contributed by atoms with Crippen molar-refractivity contribution in [3.63, 3.8) is 0 Å². The number of nitrogens with one attached hydrogen (secondary N) is 2. The van der Waals surface area contributed by atoms with Crippen LogP contribution in [0.1, 0.15) is 41.2 Å². The third kappa shape index (κ3) is 7.70. The molecule has 11 heteroatoms. The molecule has 0 aliphatic carbocycles. The molecule has 2 fully saturated rings. The van der Waals surface area contributed by atoms with Gasteiger partial charge in [0, 0.05) is 70.2 Å². The summed E-state index contributed by atoms with van der Waals surface area (Å²) >= 11 is 0. The van der Waals surface area contributed by atoms with E-state index in [9.17, 15) is 18.0 Å². The van der Waals surface area contributed by atoms with Gasteiger partial charge in [0.1, 0.15) is 0 Å². The molecule has 1 unspecified atom stereocenters. The van der Waals surface area contributed by atoms with Crippen molar-refractivity contribution in [1.82, 2.24) is 29.7 Å². The Morgan fingerprint density at radius 3 is 2.26 bits per heavy atom. The molecule has 246 valence electrons. The summed E-state index contributed by atoms with van der Waals surface area (Å²) in [6.07, 6.45) is 4.61. The van der Waals surface area contributed by atoms with Gasteiger partial charge in [-0.3, -0.25) is 19.5 Å². The number of carbonyl (C=O) groups is 2. The van der Waals surface area contributed by atoms with Crippen molar-refractivity contribution in [2.45, 2.75) is 35.7 Å². The molecule has 0 radical (unpaired) electrons. The number of amides is 2. The van der Waals surface area contributed by atoms with Gasteiger partial charge in [-0.2, -0.15) is 0 Å². The first-order chi connectivity index (χ1) is 22.7. The number of fused-ring (bicyclic) bond motifs is 1. The number of sulfonamides is 1. The predicted molar refractivity (Wildman–Crippen MR) is 182 cm³/mol. The number of piperidine rings is 1. The molecule has 3 heterocycles. The average Bonchev–Trinajstić information content (AvgIpc) is 3.11. The van der Waals surface area contributed by atoms with Gasteiger partial charge in [0.2, 0.25) is 15.9 Å². The Hall–Kier alpha value is -4.16. The third-order valence-electron chi connectivity index (χ3n) is 9.63. The summed E-state index contributed by atoms with van der Waals surface area (Å²) in [5.41, 5.74) is 0.964. The Morgan fingerprint density at radius 2 is 1.55 bits per heavy atom. The zero-order chi connectivity index (χ0) is 32.9. The highest BCUT2D eigenvalue weighted by atomic mass is 32.2. The lowest BCUT2D eigenvalue weighted by Gasteiger charge is -2.51. The number of pyridine rings is 1. The monoisotopic (exact) mass is 654 g/mol. The van der Waals surface area contributed by atoms with Crippen LogP contribution >= 0.6 is 0 Å². The normalized spacial score (nSPS) is 18.1. The first-order valence-electron chi connectivity index (χ1n) is 16.2. The number of benzene rings is 3. The number of likely N-dealkylation sites (tertiary alicyclic amines) is 1. The second-order valence-corrected chi connectivity index (χ2v) is 14.3. The van der Waals surface area contributed by atoms with Gasteiger partial charge in [-0.1, -0.05) is 60.7 Å². The molecule has 3 aromatic carbocycles. The molecule has 6 rings (SSSR count). The number of hydrogen-bond donors (Lipinski definition) is 2. The number of nitrogens with zero attached hydrogens (tertiary/aromatic N) is 4. The number of piperazine rings is 1. The van der Waals surface area contributed by atoms with Crippen LogP contribution in [0.3, 0.4) is 0 Å². The molecule has 1 atom stereocenters. The molecule has 2 aliphatic heterocycles. The van der Waals surface area contributed by atoms with Gasteiger partial charge in [0.15, 0.2) is 0 Å². The van der Waals surface area contributed by atoms with Gasteiger partial charge in [0.25, 0.3) is 5.91 Å². The zero-order valence-electron chi connectivity index (χ0n) is 26.7. The molecular weight excluding hydrogens is 613 g/mol. The number of carbonyl (C=O) groups excluding carboxylic acids is 2. The SMILES string of the molecule is CN1CCN(C2(CNC(=O)c3cccnc3)CCN(C(=O)CC(NS(=O)(=O)c3ccc4ccccc4c3)c3ccccc3)CC2)CC1. The van der Waals surface area contributed by atoms with E-state index in [0.29, 0.717) is 38.0 Å². The van der Waals surface area contributed by atoms with E-state index in [0.717, 1.165) is 42.5 Å². The van der Waals surface area contributed by atoms with Crippen LogP contribution < -0.4 is 10.0 Å². The zero-order valence-corrected chi connectivity index (χ0v) is 27.5. The molecule has 2 amide bonds. The largest absolute Gasteiger partial charge is 0.350 e. The van der Waals surface area contributed by atoms with Gasteiger partial charge in [-0.25, -0.2) is 13.1 Å². The number of rotatable bonds is 10. The quantitative estimate of drug-likeness (QED) is 0.268. The van der Waals surface area contributed by atoms with Gasteiger partial charge in [-0.15, -0.1) is 0 Å². The number of aromatic nitrogens is 1. The Labute approximate surface area is 276 Å². The minimum atomic E-state index is -3.93. The minimum Gasteiger partial charge on any atom is -0.350 e. The molecule has 0 bridgehead atoms. The molecule has 47 heavy (non-hydrogen) atoms. The molecule has 10 nitrogen and oxygen atoms in total. The first-order valence-corrected chi connectivity index (χ1v) is 17.7. The maximum Gasteiger partial charge on any atom is 0.252 e. The fourth-order valence-electron chi connectivity index (χ4n) is 6.71. The topological polar surface area (TPSA) is 115 Å². The van der Waals surface area contributed by atoms with E-state index in [1.165, 1.54) is 0 Å². The van der Waals surface area contributed by atoms with Crippen molar-refractivity contribution in [3.05, 3.63) is 108 Å². The van der Waals surface area contributed by atoms with Crippen molar-refractivity contribution in [2.24, 2.45) is 0 Å². The lowest BCUT2D eigenvalue weighted by atomic mass is 9.84. The first kappa shape index (κ1) is 32.8. The van der Waals surface area contributed by atoms with Gasteiger partial charge in [-0.05, 0) is 60.5 Å². The van der Waals surface area contributed by atoms with E-state index in [1.807, 2.05) is 59.5 Å². The van der Waals surface area contributed by atoms with E-state index < -0.39 is 16.1 Å². The Morgan fingerprint density at radius 1 is 0.851 bits per heavy atom. The van der Waals surface area contributed by atoms with E-state index in [4.69, 9.17) is 0 Å². The van der Waals surface area contributed by atoms with Crippen molar-refractivity contribution >= 4 is 32.6 Å². The summed E-state index contributed by atoms with van der Waals surface area (Å²) < 4.78 is 30.1. The van der Waals surface area contributed by atoms with Crippen LogP contribution in [0.2, 0.25) is 0 Å². The van der Waals surface area contributed by atoms with Crippen molar-refractivity contribution in [3.8, 4) is 0 Å². The van der Waals surface area contributed by atoms with Crippen LogP contribution in [0.5, 0.6) is 0 Å². The molecule has 2 N–H and O–H groups in total. The van der Waals surface area contributed by atoms with Crippen LogP contribution in [0.15, 0.2) is 102 Å². The Bertz CT molecular complexity index is 1790. The summed E-state index contributed by atoms with van der Waals surface area (Å²) in [6.45, 7) is 5.18. The molecule has 4 aromatic rings. The molecule has 2 aliphatic rings. The van der Waals surface area contributed by atoms with Crippen molar-refractivity contribution < 1.29 is 18.0 Å². The summed E-state index contributed by atoms with van der Waals surface area (Å²) in [4.78, 5) is 37.7. The van der Waals surface area contributed by atoms with Crippen LogP contribution in [-0.2, 0) is 14.8 Å². The van der Waals surface area contributed by atoms with E-state index in [1.54, 1.807) is 42.7 Å². The summed E-state index contributed by atoms with van der Waals surface area (Å²) in [5.74, 6) is -0.263. The van der Waals surface area contributed by atoms with Crippen molar-refractivity contribution in [2.75, 3.05) is 52.9 Å². The highest BCUT2D eigenvalue weighted by Crippen LogP contribution is 2.31. The fraction of sp³-hybridized carbons (Fsp3) is 0.361. The average molecular weight is 655 g/mol. The molecule has 1 aromatic heterocycles. The highest BCUT2D eigenvalue weighted by Gasteiger charge is 2.42. The van der Waals surface area contributed by atoms with Crippen molar-refractivity contribution in [1.29, 1.82) is 0 Å². The van der Waals surface area contributed by atoms with Gasteiger partial charge < -0.3 is 15.1 Å². The standard InChI is InChI=1S/C36H42N6O4S/c1-40-20-22-42(23-21-40)36(27-38-35(44)31-12-7-17-37-26-31)15-18-41(19-16-36)34(43)25-33(29-9-3-2-4-10-29)39-47(45,46)32-14-13-28-8-5-6-11-30(28)24-32/h2-14,17,24,26,33,39H,15-16,18-23,25,27H2,1H3,(H,38,44). The maximum atomic E-state index is 13.9.